The number of likely N-dealkylation sites (tertiary alicyclic amines) is 1. The highest BCUT2D eigenvalue weighted by molar-refractivity contribution is 7.13. The molecule has 1 atom stereocenters. The number of anilines is 2. The van der Waals surface area contributed by atoms with Gasteiger partial charge in [-0.05, 0) is 39.3 Å². The second kappa shape index (κ2) is 7.81. The van der Waals surface area contributed by atoms with Crippen molar-refractivity contribution in [3.8, 4) is 0 Å². The maximum absolute atomic E-state index is 9.07. The Labute approximate surface area is 140 Å². The monoisotopic (exact) mass is 333 g/mol. The Kier molecular flexibility index (Phi) is 5.53. The Balaban J connectivity index is 1.55. The number of aliphatic hydroxyl groups excluding tert-OH is 1. The maximum Gasteiger partial charge on any atom is 0.188 e. The van der Waals surface area contributed by atoms with Crippen LogP contribution < -0.4 is 5.32 Å². The standard InChI is InChI=1S/C16H23N5OS/c1-12(4-9-22)21-7-2-13(3-8-21)14-11-23-16(19-14)20-15-10-17-5-6-18-15/h5-6,10-13,22H,2-4,7-9H2,1H3,(H,18,19,20)/t12-/m1/s1. The molecule has 1 aliphatic rings. The summed E-state index contributed by atoms with van der Waals surface area (Å²) in [6.45, 7) is 4.62. The molecule has 0 bridgehead atoms. The van der Waals surface area contributed by atoms with Gasteiger partial charge >= 0.3 is 0 Å². The lowest BCUT2D eigenvalue weighted by molar-refractivity contribution is 0.135. The summed E-state index contributed by atoms with van der Waals surface area (Å²) in [5.41, 5.74) is 1.18. The largest absolute Gasteiger partial charge is 0.396 e. The second-order valence-electron chi connectivity index (χ2n) is 5.96. The predicted molar refractivity (Wildman–Crippen MR) is 92.1 cm³/mol. The van der Waals surface area contributed by atoms with Crippen LogP contribution in [0.3, 0.4) is 0 Å². The van der Waals surface area contributed by atoms with Gasteiger partial charge in [-0.25, -0.2) is 9.97 Å². The van der Waals surface area contributed by atoms with E-state index in [1.807, 2.05) is 0 Å². The third-order valence-corrected chi connectivity index (χ3v) is 5.21. The first-order valence-electron chi connectivity index (χ1n) is 8.09. The number of aliphatic hydroxyl groups is 1. The number of thiazole rings is 1. The second-order valence-corrected chi connectivity index (χ2v) is 6.82. The van der Waals surface area contributed by atoms with Gasteiger partial charge < -0.3 is 15.3 Å². The molecule has 1 saturated heterocycles. The summed E-state index contributed by atoms with van der Waals surface area (Å²) in [5, 5.41) is 15.3. The van der Waals surface area contributed by atoms with Crippen molar-refractivity contribution in [1.82, 2.24) is 19.9 Å². The molecule has 0 aliphatic carbocycles. The molecule has 3 rings (SSSR count). The molecule has 0 amide bonds. The molecule has 3 heterocycles. The Bertz CT molecular complexity index is 598. The van der Waals surface area contributed by atoms with Crippen LogP contribution >= 0.6 is 11.3 Å². The summed E-state index contributed by atoms with van der Waals surface area (Å²) < 4.78 is 0. The zero-order valence-corrected chi connectivity index (χ0v) is 14.2. The molecule has 2 aromatic heterocycles. The minimum Gasteiger partial charge on any atom is -0.396 e. The number of aromatic nitrogens is 3. The summed E-state index contributed by atoms with van der Waals surface area (Å²) in [5.74, 6) is 1.25. The third kappa shape index (κ3) is 4.25. The van der Waals surface area contributed by atoms with Crippen molar-refractivity contribution in [3.05, 3.63) is 29.7 Å². The van der Waals surface area contributed by atoms with Crippen LogP contribution in [0.2, 0.25) is 0 Å². The van der Waals surface area contributed by atoms with E-state index in [1.54, 1.807) is 29.9 Å². The zero-order chi connectivity index (χ0) is 16.1. The molecule has 1 aliphatic heterocycles. The third-order valence-electron chi connectivity index (χ3n) is 4.44. The number of rotatable bonds is 6. The molecule has 0 radical (unpaired) electrons. The fraction of sp³-hybridized carbons (Fsp3) is 0.562. The average Bonchev–Trinajstić information content (AvgIpc) is 3.05. The van der Waals surface area contributed by atoms with Gasteiger partial charge in [0.25, 0.3) is 0 Å². The Hall–Kier alpha value is -1.57. The van der Waals surface area contributed by atoms with Crippen molar-refractivity contribution < 1.29 is 5.11 Å². The van der Waals surface area contributed by atoms with E-state index in [4.69, 9.17) is 10.1 Å². The number of hydrogen-bond donors (Lipinski definition) is 2. The van der Waals surface area contributed by atoms with Crippen molar-refractivity contribution in [3.63, 3.8) is 0 Å². The van der Waals surface area contributed by atoms with Crippen LogP contribution in [0.1, 0.15) is 37.8 Å². The highest BCUT2D eigenvalue weighted by Gasteiger charge is 2.25. The van der Waals surface area contributed by atoms with Crippen molar-refractivity contribution in [1.29, 1.82) is 0 Å². The van der Waals surface area contributed by atoms with Crippen LogP contribution in [0.4, 0.5) is 10.9 Å². The first-order chi connectivity index (χ1) is 11.3. The minimum absolute atomic E-state index is 0.268. The number of hydrogen-bond acceptors (Lipinski definition) is 7. The quantitative estimate of drug-likeness (QED) is 0.846. The lowest BCUT2D eigenvalue weighted by Gasteiger charge is -2.35. The van der Waals surface area contributed by atoms with E-state index in [2.05, 4.69) is 32.5 Å². The molecule has 2 aromatic rings. The van der Waals surface area contributed by atoms with Gasteiger partial charge in [0.15, 0.2) is 10.9 Å². The predicted octanol–water partition coefficient (Wildman–Crippen LogP) is 2.63. The van der Waals surface area contributed by atoms with Crippen molar-refractivity contribution in [2.45, 2.75) is 38.1 Å². The minimum atomic E-state index is 0.268. The van der Waals surface area contributed by atoms with Gasteiger partial charge in [0.2, 0.25) is 0 Å². The van der Waals surface area contributed by atoms with Gasteiger partial charge in [-0.2, -0.15) is 0 Å². The fourth-order valence-corrected chi connectivity index (χ4v) is 3.81. The van der Waals surface area contributed by atoms with E-state index < -0.39 is 0 Å². The molecule has 2 N–H and O–H groups in total. The summed E-state index contributed by atoms with van der Waals surface area (Å²) in [7, 11) is 0. The SMILES string of the molecule is C[C@H](CCO)N1CCC(c2csc(Nc3cnccn3)n2)CC1. The molecule has 0 saturated carbocycles. The summed E-state index contributed by atoms with van der Waals surface area (Å²) in [6, 6.07) is 0.463. The average molecular weight is 333 g/mol. The molecule has 0 spiro atoms. The van der Waals surface area contributed by atoms with Gasteiger partial charge in [0, 0.05) is 36.3 Å². The normalized spacial score (nSPS) is 18.0. The zero-order valence-electron chi connectivity index (χ0n) is 13.4. The topological polar surface area (TPSA) is 74.2 Å². The van der Waals surface area contributed by atoms with Gasteiger partial charge in [-0.3, -0.25) is 4.98 Å². The molecule has 6 nitrogen and oxygen atoms in total. The van der Waals surface area contributed by atoms with Crippen LogP contribution in [-0.4, -0.2) is 50.7 Å². The highest BCUT2D eigenvalue weighted by atomic mass is 32.1. The highest BCUT2D eigenvalue weighted by Crippen LogP contribution is 2.31. The van der Waals surface area contributed by atoms with Crippen LogP contribution in [-0.2, 0) is 0 Å². The molecule has 0 aromatic carbocycles. The van der Waals surface area contributed by atoms with Crippen LogP contribution in [0.25, 0.3) is 0 Å². The van der Waals surface area contributed by atoms with Gasteiger partial charge in [0.05, 0.1) is 11.9 Å². The Morgan fingerprint density at radius 1 is 1.39 bits per heavy atom. The molecular weight excluding hydrogens is 310 g/mol. The first kappa shape index (κ1) is 16.3. The number of piperidine rings is 1. The first-order valence-corrected chi connectivity index (χ1v) is 8.97. The fourth-order valence-electron chi connectivity index (χ4n) is 3.01. The lowest BCUT2D eigenvalue weighted by atomic mass is 9.93. The molecule has 0 unspecified atom stereocenters. The number of nitrogens with zero attached hydrogens (tertiary/aromatic N) is 4. The van der Waals surface area contributed by atoms with E-state index in [-0.39, 0.29) is 6.61 Å². The molecule has 1 fully saturated rings. The van der Waals surface area contributed by atoms with Crippen LogP contribution in [0.15, 0.2) is 24.0 Å². The van der Waals surface area contributed by atoms with E-state index in [0.29, 0.717) is 12.0 Å². The Morgan fingerprint density at radius 2 is 2.22 bits per heavy atom. The van der Waals surface area contributed by atoms with E-state index >= 15 is 0 Å². The van der Waals surface area contributed by atoms with Crippen LogP contribution in [0, 0.1) is 0 Å². The van der Waals surface area contributed by atoms with Gasteiger partial charge in [-0.1, -0.05) is 0 Å². The molecule has 124 valence electrons. The van der Waals surface area contributed by atoms with E-state index in [0.717, 1.165) is 43.3 Å². The molecular formula is C16H23N5OS. The van der Waals surface area contributed by atoms with Gasteiger partial charge in [0.1, 0.15) is 0 Å². The Morgan fingerprint density at radius 3 is 2.91 bits per heavy atom. The maximum atomic E-state index is 9.07. The van der Waals surface area contributed by atoms with Gasteiger partial charge in [-0.15, -0.1) is 11.3 Å². The van der Waals surface area contributed by atoms with Crippen molar-refractivity contribution in [2.24, 2.45) is 0 Å². The molecule has 23 heavy (non-hydrogen) atoms. The summed E-state index contributed by atoms with van der Waals surface area (Å²) in [4.78, 5) is 15.4. The number of nitrogens with one attached hydrogen (secondary N) is 1. The smallest absolute Gasteiger partial charge is 0.188 e. The summed E-state index contributed by atoms with van der Waals surface area (Å²) >= 11 is 1.62. The summed E-state index contributed by atoms with van der Waals surface area (Å²) in [6.07, 6.45) is 8.13. The lowest BCUT2D eigenvalue weighted by Crippen LogP contribution is -2.39. The molecule has 7 heteroatoms. The van der Waals surface area contributed by atoms with E-state index in [9.17, 15) is 0 Å². The van der Waals surface area contributed by atoms with Crippen molar-refractivity contribution in [2.75, 3.05) is 25.0 Å². The van der Waals surface area contributed by atoms with E-state index in [1.165, 1.54) is 5.69 Å². The van der Waals surface area contributed by atoms with Crippen LogP contribution in [0.5, 0.6) is 0 Å². The van der Waals surface area contributed by atoms with Crippen molar-refractivity contribution >= 4 is 22.3 Å².